The number of urea groups is 1. The van der Waals surface area contributed by atoms with E-state index in [0.717, 1.165) is 0 Å². The summed E-state index contributed by atoms with van der Waals surface area (Å²) in [6.07, 6.45) is 5.58. The molecule has 0 rings (SSSR count). The van der Waals surface area contributed by atoms with Gasteiger partial charge in [0.2, 0.25) is 5.91 Å². The summed E-state index contributed by atoms with van der Waals surface area (Å²) in [6.45, 7) is 2.07. The topological polar surface area (TPSA) is 98.7 Å². The van der Waals surface area contributed by atoms with E-state index in [4.69, 9.17) is 11.5 Å². The Morgan fingerprint density at radius 1 is 1.42 bits per heavy atom. The first-order chi connectivity index (χ1) is 8.96. The standard InChI is InChI=1S/C12H19N3O4/c1-4-6-9(11(17)18)14-12(19)15(7-5-2)8-10(16)13-3/h1,9H,5-8H2,2-3H3,(H,13,16)(H,14,19)(H,17,18). The van der Waals surface area contributed by atoms with Crippen molar-refractivity contribution >= 4 is 17.9 Å². The Hall–Kier alpha value is -2.23. The van der Waals surface area contributed by atoms with Crippen LogP contribution in [0.3, 0.4) is 0 Å². The van der Waals surface area contributed by atoms with Gasteiger partial charge in [-0.25, -0.2) is 9.59 Å². The van der Waals surface area contributed by atoms with Crippen LogP contribution in [-0.2, 0) is 9.59 Å². The van der Waals surface area contributed by atoms with Gasteiger partial charge in [-0.15, -0.1) is 12.3 Å². The van der Waals surface area contributed by atoms with Crippen molar-refractivity contribution in [3.8, 4) is 12.3 Å². The molecule has 0 aromatic heterocycles. The fourth-order valence-electron chi connectivity index (χ4n) is 1.33. The average Bonchev–Trinajstić information content (AvgIpc) is 2.37. The third kappa shape index (κ3) is 6.31. The van der Waals surface area contributed by atoms with Crippen LogP contribution in [0, 0.1) is 12.3 Å². The number of carboxylic acids is 1. The third-order valence-electron chi connectivity index (χ3n) is 2.31. The quantitative estimate of drug-likeness (QED) is 0.549. The first-order valence-electron chi connectivity index (χ1n) is 5.88. The van der Waals surface area contributed by atoms with Crippen LogP contribution in [0.15, 0.2) is 0 Å². The summed E-state index contributed by atoms with van der Waals surface area (Å²) in [6, 6.07) is -1.77. The van der Waals surface area contributed by atoms with E-state index in [2.05, 4.69) is 16.6 Å². The van der Waals surface area contributed by atoms with Crippen molar-refractivity contribution < 1.29 is 19.5 Å². The minimum atomic E-state index is -1.21. The molecule has 0 aromatic carbocycles. The van der Waals surface area contributed by atoms with Crippen LogP contribution in [0.4, 0.5) is 4.79 Å². The fraction of sp³-hybridized carbons (Fsp3) is 0.583. The maximum absolute atomic E-state index is 11.9. The van der Waals surface area contributed by atoms with Crippen molar-refractivity contribution in [2.45, 2.75) is 25.8 Å². The van der Waals surface area contributed by atoms with Gasteiger partial charge in [-0.05, 0) is 6.42 Å². The van der Waals surface area contributed by atoms with E-state index >= 15 is 0 Å². The van der Waals surface area contributed by atoms with E-state index in [9.17, 15) is 14.4 Å². The predicted molar refractivity (Wildman–Crippen MR) is 69.3 cm³/mol. The molecule has 0 aliphatic rings. The number of likely N-dealkylation sites (N-methyl/N-ethyl adjacent to an activating group) is 1. The van der Waals surface area contributed by atoms with E-state index in [1.807, 2.05) is 6.92 Å². The Kier molecular flexibility index (Phi) is 7.77. The van der Waals surface area contributed by atoms with Crippen molar-refractivity contribution in [3.63, 3.8) is 0 Å². The first-order valence-corrected chi connectivity index (χ1v) is 5.88. The molecule has 0 aliphatic heterocycles. The van der Waals surface area contributed by atoms with Crippen molar-refractivity contribution in [2.75, 3.05) is 20.1 Å². The summed E-state index contributed by atoms with van der Waals surface area (Å²) in [5, 5.41) is 13.6. The summed E-state index contributed by atoms with van der Waals surface area (Å²) in [4.78, 5) is 35.3. The molecule has 0 aliphatic carbocycles. The largest absolute Gasteiger partial charge is 0.480 e. The van der Waals surface area contributed by atoms with Crippen molar-refractivity contribution in [3.05, 3.63) is 0 Å². The number of amides is 3. The molecule has 1 unspecified atom stereocenters. The molecule has 0 heterocycles. The number of terminal acetylenes is 1. The summed E-state index contributed by atoms with van der Waals surface area (Å²) in [7, 11) is 1.46. The lowest BCUT2D eigenvalue weighted by Crippen LogP contribution is -2.50. The lowest BCUT2D eigenvalue weighted by Gasteiger charge is -2.23. The van der Waals surface area contributed by atoms with E-state index in [1.54, 1.807) is 0 Å². The Morgan fingerprint density at radius 2 is 2.05 bits per heavy atom. The Morgan fingerprint density at radius 3 is 2.47 bits per heavy atom. The van der Waals surface area contributed by atoms with E-state index < -0.39 is 18.0 Å². The highest BCUT2D eigenvalue weighted by Gasteiger charge is 2.23. The molecule has 106 valence electrons. The Labute approximate surface area is 112 Å². The van der Waals surface area contributed by atoms with Gasteiger partial charge in [-0.1, -0.05) is 6.92 Å². The molecule has 3 amide bonds. The summed E-state index contributed by atoms with van der Waals surface area (Å²) in [5.41, 5.74) is 0. The van der Waals surface area contributed by atoms with Crippen molar-refractivity contribution in [1.29, 1.82) is 0 Å². The second-order valence-corrected chi connectivity index (χ2v) is 3.84. The molecule has 1 atom stereocenters. The lowest BCUT2D eigenvalue weighted by atomic mass is 10.2. The summed E-state index contributed by atoms with van der Waals surface area (Å²) in [5.74, 6) is 0.652. The summed E-state index contributed by atoms with van der Waals surface area (Å²) >= 11 is 0. The van der Waals surface area contributed by atoms with Gasteiger partial charge in [0, 0.05) is 20.0 Å². The van der Waals surface area contributed by atoms with Crippen LogP contribution >= 0.6 is 0 Å². The molecule has 0 aromatic rings. The number of carboxylic acid groups (broad SMARTS) is 1. The van der Waals surface area contributed by atoms with Crippen molar-refractivity contribution in [2.24, 2.45) is 0 Å². The first kappa shape index (κ1) is 16.8. The minimum Gasteiger partial charge on any atom is -0.480 e. The van der Waals surface area contributed by atoms with Gasteiger partial charge >= 0.3 is 12.0 Å². The van der Waals surface area contributed by atoms with E-state index in [1.165, 1.54) is 11.9 Å². The molecule has 0 saturated heterocycles. The molecule has 0 fully saturated rings. The molecular formula is C12H19N3O4. The highest BCUT2D eigenvalue weighted by molar-refractivity contribution is 5.86. The van der Waals surface area contributed by atoms with Gasteiger partial charge in [-0.2, -0.15) is 0 Å². The Balaban J connectivity index is 4.66. The zero-order chi connectivity index (χ0) is 14.8. The number of hydrogen-bond acceptors (Lipinski definition) is 3. The monoisotopic (exact) mass is 269 g/mol. The Bertz CT molecular complexity index is 376. The molecule has 0 spiro atoms. The second kappa shape index (κ2) is 8.80. The van der Waals surface area contributed by atoms with E-state index in [0.29, 0.717) is 13.0 Å². The molecule has 0 saturated carbocycles. The van der Waals surface area contributed by atoms with Gasteiger partial charge in [0.1, 0.15) is 12.6 Å². The van der Waals surface area contributed by atoms with Crippen LogP contribution < -0.4 is 10.6 Å². The number of aliphatic carboxylic acids is 1. The van der Waals surface area contributed by atoms with Gasteiger partial charge in [0.15, 0.2) is 0 Å². The van der Waals surface area contributed by atoms with Crippen LogP contribution in [0.1, 0.15) is 19.8 Å². The van der Waals surface area contributed by atoms with Crippen LogP contribution in [0.5, 0.6) is 0 Å². The molecular weight excluding hydrogens is 250 g/mol. The van der Waals surface area contributed by atoms with Crippen LogP contribution in [-0.4, -0.2) is 54.1 Å². The van der Waals surface area contributed by atoms with Crippen LogP contribution in [0.2, 0.25) is 0 Å². The van der Waals surface area contributed by atoms with Gasteiger partial charge in [-0.3, -0.25) is 4.79 Å². The molecule has 3 N–H and O–H groups in total. The SMILES string of the molecule is C#CCC(NC(=O)N(CCC)CC(=O)NC)C(=O)O. The maximum atomic E-state index is 11.9. The zero-order valence-corrected chi connectivity index (χ0v) is 11.1. The lowest BCUT2D eigenvalue weighted by molar-refractivity contribution is -0.139. The highest BCUT2D eigenvalue weighted by Crippen LogP contribution is 1.97. The molecule has 7 heteroatoms. The second-order valence-electron chi connectivity index (χ2n) is 3.84. The molecule has 7 nitrogen and oxygen atoms in total. The average molecular weight is 269 g/mol. The highest BCUT2D eigenvalue weighted by atomic mass is 16.4. The smallest absolute Gasteiger partial charge is 0.327 e. The molecule has 0 bridgehead atoms. The number of nitrogens with one attached hydrogen (secondary N) is 2. The molecule has 19 heavy (non-hydrogen) atoms. The number of hydrogen-bond donors (Lipinski definition) is 3. The number of carbonyl (C=O) groups excluding carboxylic acids is 2. The third-order valence-corrected chi connectivity index (χ3v) is 2.31. The summed E-state index contributed by atoms with van der Waals surface area (Å²) < 4.78 is 0. The number of rotatable bonds is 7. The van der Waals surface area contributed by atoms with Crippen molar-refractivity contribution in [1.82, 2.24) is 15.5 Å². The zero-order valence-electron chi connectivity index (χ0n) is 11.1. The number of carbonyl (C=O) groups is 3. The maximum Gasteiger partial charge on any atom is 0.327 e. The van der Waals surface area contributed by atoms with E-state index in [-0.39, 0.29) is 18.9 Å². The normalized spacial score (nSPS) is 11.0. The predicted octanol–water partition coefficient (Wildman–Crippen LogP) is -0.369. The fourth-order valence-corrected chi connectivity index (χ4v) is 1.33. The van der Waals surface area contributed by atoms with Gasteiger partial charge < -0.3 is 20.6 Å². The number of nitrogens with zero attached hydrogens (tertiary/aromatic N) is 1. The minimum absolute atomic E-state index is 0.110. The molecule has 0 radical (unpaired) electrons. The van der Waals surface area contributed by atoms with Gasteiger partial charge in [0.25, 0.3) is 0 Å². The van der Waals surface area contributed by atoms with Gasteiger partial charge in [0.05, 0.1) is 0 Å². The van der Waals surface area contributed by atoms with Crippen LogP contribution in [0.25, 0.3) is 0 Å².